The second kappa shape index (κ2) is 9.88. The summed E-state index contributed by atoms with van der Waals surface area (Å²) in [5.41, 5.74) is -2.25. The maximum Gasteiger partial charge on any atom is 0.311 e. The highest BCUT2D eigenvalue weighted by Crippen LogP contribution is 2.44. The Morgan fingerprint density at radius 2 is 1.84 bits per heavy atom. The zero-order valence-corrected chi connectivity index (χ0v) is 21.8. The van der Waals surface area contributed by atoms with Crippen LogP contribution in [-0.4, -0.2) is 81.9 Å². The Morgan fingerprint density at radius 3 is 2.45 bits per heavy atom. The van der Waals surface area contributed by atoms with E-state index in [1.165, 1.54) is 30.1 Å². The molecule has 0 aromatic heterocycles. The first kappa shape index (κ1) is 27.3. The second-order valence-electron chi connectivity index (χ2n) is 10.6. The Morgan fingerprint density at radius 1 is 1.18 bits per heavy atom. The van der Waals surface area contributed by atoms with Gasteiger partial charge in [-0.3, -0.25) is 28.9 Å². The number of alkyl halides is 1. The number of rotatable bonds is 5. The van der Waals surface area contributed by atoms with Crippen LogP contribution in [0.2, 0.25) is 0 Å². The van der Waals surface area contributed by atoms with Gasteiger partial charge < -0.3 is 15.5 Å². The van der Waals surface area contributed by atoms with Gasteiger partial charge in [-0.05, 0) is 63.6 Å². The van der Waals surface area contributed by atoms with Crippen molar-refractivity contribution in [3.05, 3.63) is 35.1 Å². The second-order valence-corrected chi connectivity index (χ2v) is 10.6. The molecule has 38 heavy (non-hydrogen) atoms. The van der Waals surface area contributed by atoms with Crippen molar-refractivity contribution in [2.45, 2.75) is 76.3 Å². The molecule has 4 aliphatic rings. The smallest absolute Gasteiger partial charge is 0.311 e. The number of Topliss-reactive ketones (excluding diaryl/α,β-unsaturated/α-hetero) is 1. The van der Waals surface area contributed by atoms with Gasteiger partial charge in [0.25, 0.3) is 17.6 Å². The van der Waals surface area contributed by atoms with Crippen molar-refractivity contribution in [3.63, 3.8) is 0 Å². The van der Waals surface area contributed by atoms with E-state index in [0.717, 1.165) is 4.90 Å². The minimum absolute atomic E-state index is 0.0285. The summed E-state index contributed by atoms with van der Waals surface area (Å²) < 4.78 is 29.1. The van der Waals surface area contributed by atoms with Crippen LogP contribution in [0.5, 0.6) is 0 Å². The minimum Gasteiger partial charge on any atom is -0.350 e. The van der Waals surface area contributed by atoms with Crippen molar-refractivity contribution in [2.75, 3.05) is 13.6 Å². The number of benzene rings is 1. The largest absolute Gasteiger partial charge is 0.350 e. The molecule has 1 saturated carbocycles. The van der Waals surface area contributed by atoms with Crippen LogP contribution < -0.4 is 10.6 Å². The number of hydrogen-bond donors (Lipinski definition) is 2. The third kappa shape index (κ3) is 4.91. The molecule has 1 unspecified atom stereocenters. The number of ketones is 1. The molecule has 2 saturated heterocycles. The highest BCUT2D eigenvalue weighted by atomic mass is 19.1. The van der Waals surface area contributed by atoms with Crippen molar-refractivity contribution in [1.29, 1.82) is 0 Å². The molecule has 0 radical (unpaired) electrons. The first-order valence-electron chi connectivity index (χ1n) is 12.5. The summed E-state index contributed by atoms with van der Waals surface area (Å²) in [6.07, 6.45) is 0.0142. The molecule has 5 rings (SSSR count). The lowest BCUT2D eigenvalue weighted by molar-refractivity contribution is -0.147. The average molecular weight is 532 g/mol. The summed E-state index contributed by atoms with van der Waals surface area (Å²) in [7, 11) is 1.47. The van der Waals surface area contributed by atoms with Gasteiger partial charge in [-0.15, -0.1) is 0 Å². The number of aliphatic imine (C=N–C) groups is 1. The van der Waals surface area contributed by atoms with Crippen LogP contribution in [0.25, 0.3) is 0 Å². The summed E-state index contributed by atoms with van der Waals surface area (Å²) in [4.78, 5) is 71.1. The third-order valence-corrected chi connectivity index (χ3v) is 7.66. The number of nitrogens with one attached hydrogen (secondary N) is 2. The number of aryl methyl sites for hydroxylation is 1. The molecular formula is C26H31F2N5O5. The first-order chi connectivity index (χ1) is 17.8. The van der Waals surface area contributed by atoms with Crippen molar-refractivity contribution in [2.24, 2.45) is 4.99 Å². The van der Waals surface area contributed by atoms with Crippen LogP contribution in [-0.2, 0) is 30.5 Å². The number of likely N-dealkylation sites (N-methyl/N-ethyl adjacent to an activating group) is 1. The third-order valence-electron chi connectivity index (χ3n) is 7.66. The number of hydrogen-bond acceptors (Lipinski definition) is 6. The molecule has 204 valence electrons. The van der Waals surface area contributed by atoms with E-state index in [2.05, 4.69) is 15.6 Å². The number of fused-ring (bicyclic) bond motifs is 2. The molecule has 2 N–H and O–H groups in total. The molecule has 1 aliphatic carbocycles. The Hall–Kier alpha value is -3.70. The van der Waals surface area contributed by atoms with E-state index < -0.39 is 59.0 Å². The summed E-state index contributed by atoms with van der Waals surface area (Å²) in [5.74, 6) is -5.34. The van der Waals surface area contributed by atoms with E-state index in [1.807, 2.05) is 0 Å². The molecule has 12 heteroatoms. The van der Waals surface area contributed by atoms with E-state index >= 15 is 4.39 Å². The summed E-state index contributed by atoms with van der Waals surface area (Å²) in [6, 6.07) is 2.27. The monoisotopic (exact) mass is 531 g/mol. The fourth-order valence-corrected chi connectivity index (χ4v) is 5.04. The summed E-state index contributed by atoms with van der Waals surface area (Å²) >= 11 is 0. The fraction of sp³-hybridized carbons (Fsp3) is 0.538. The van der Waals surface area contributed by atoms with Gasteiger partial charge in [0.1, 0.15) is 17.3 Å². The number of carbonyl (C=O) groups excluding carboxylic acids is 5. The molecule has 3 heterocycles. The van der Waals surface area contributed by atoms with E-state index in [0.29, 0.717) is 11.1 Å². The van der Waals surface area contributed by atoms with Gasteiger partial charge in [0.2, 0.25) is 0 Å². The van der Waals surface area contributed by atoms with Gasteiger partial charge >= 0.3 is 11.8 Å². The van der Waals surface area contributed by atoms with Crippen molar-refractivity contribution >= 4 is 35.2 Å². The van der Waals surface area contributed by atoms with E-state index in [1.54, 1.807) is 20.8 Å². The molecule has 1 atom stereocenters. The summed E-state index contributed by atoms with van der Waals surface area (Å²) in [5, 5.41) is 5.22. The maximum atomic E-state index is 15.5. The van der Waals surface area contributed by atoms with Gasteiger partial charge in [-0.2, -0.15) is 0 Å². The van der Waals surface area contributed by atoms with Gasteiger partial charge in [0.15, 0.2) is 6.04 Å². The van der Waals surface area contributed by atoms with Gasteiger partial charge in [0, 0.05) is 19.6 Å². The van der Waals surface area contributed by atoms with Crippen LogP contribution in [0, 0.1) is 12.7 Å². The number of halogens is 2. The molecule has 2 bridgehead atoms. The maximum absolute atomic E-state index is 15.5. The van der Waals surface area contributed by atoms with Gasteiger partial charge in [-0.1, -0.05) is 12.1 Å². The quantitative estimate of drug-likeness (QED) is 0.432. The van der Waals surface area contributed by atoms with Crippen molar-refractivity contribution < 1.29 is 32.8 Å². The van der Waals surface area contributed by atoms with Crippen LogP contribution in [0.15, 0.2) is 23.2 Å². The number of carbonyl (C=O) groups is 5. The highest BCUT2D eigenvalue weighted by molar-refractivity contribution is 6.46. The summed E-state index contributed by atoms with van der Waals surface area (Å²) in [6.45, 7) is 4.57. The fourth-order valence-electron chi connectivity index (χ4n) is 5.04. The number of amides is 4. The van der Waals surface area contributed by atoms with Crippen molar-refractivity contribution in [1.82, 2.24) is 20.4 Å². The molecule has 4 amide bonds. The lowest BCUT2D eigenvalue weighted by Gasteiger charge is -2.41. The van der Waals surface area contributed by atoms with Gasteiger partial charge in [-0.25, -0.2) is 13.8 Å². The van der Waals surface area contributed by atoms with Gasteiger partial charge in [0.05, 0.1) is 12.1 Å². The lowest BCUT2D eigenvalue weighted by atomic mass is 9.76. The molecule has 0 spiro atoms. The lowest BCUT2D eigenvalue weighted by Crippen LogP contribution is -2.65. The topological polar surface area (TPSA) is 128 Å². The predicted molar refractivity (Wildman–Crippen MR) is 132 cm³/mol. The zero-order valence-electron chi connectivity index (χ0n) is 21.8. The highest BCUT2D eigenvalue weighted by Gasteiger charge is 2.58. The van der Waals surface area contributed by atoms with Crippen molar-refractivity contribution in [3.8, 4) is 0 Å². The van der Waals surface area contributed by atoms with Crippen LogP contribution in [0.1, 0.15) is 50.7 Å². The number of nitrogens with zero attached hydrogens (tertiary/aromatic N) is 3. The normalized spacial score (nSPS) is 26.4. The van der Waals surface area contributed by atoms with Crippen LogP contribution in [0.3, 0.4) is 0 Å². The Balaban J connectivity index is 1.65. The Kier molecular flexibility index (Phi) is 7.11. The molecular weight excluding hydrogens is 500 g/mol. The van der Waals surface area contributed by atoms with E-state index in [9.17, 15) is 28.4 Å². The standard InChI is InChI=1S/C26H31F2N5O5/c1-14(2)32(4)23(38)21(36)31-26-9-7-25(28,8-10-26)13-33-22(37)19(34)18(30-24(26)33)20(35)29-12-16-5-6-17(27)15(3)11-16/h5-6,11,14,18H,7-10,12-13H2,1-4H3,(H,29,35)(H,31,36). The van der Waals surface area contributed by atoms with Crippen LogP contribution in [0.4, 0.5) is 8.78 Å². The average Bonchev–Trinajstić information content (AvgIpc) is 3.07. The Bertz CT molecular complexity index is 1240. The molecule has 3 aliphatic heterocycles. The van der Waals surface area contributed by atoms with Crippen LogP contribution >= 0.6 is 0 Å². The predicted octanol–water partition coefficient (Wildman–Crippen LogP) is 0.946. The Labute approximate surface area is 218 Å². The zero-order chi connectivity index (χ0) is 28.0. The van der Waals surface area contributed by atoms with E-state index in [4.69, 9.17) is 0 Å². The first-order valence-corrected chi connectivity index (χ1v) is 12.5. The SMILES string of the molecule is Cc1cc(CNC(=O)C2N=C3N(CC4(F)CCC3(NC(=O)C(=O)N(C)C(C)C)CC4)C(=O)C2=O)ccc1F. The minimum atomic E-state index is -1.80. The molecule has 1 aromatic rings. The molecule has 1 aromatic carbocycles. The molecule has 3 fully saturated rings. The van der Waals surface area contributed by atoms with E-state index in [-0.39, 0.29) is 44.1 Å². The molecule has 10 nitrogen and oxygen atoms in total. The number of amidine groups is 1.